The van der Waals surface area contributed by atoms with Crippen molar-refractivity contribution in [3.05, 3.63) is 17.8 Å². The fourth-order valence-electron chi connectivity index (χ4n) is 1.05. The van der Waals surface area contributed by atoms with Crippen LogP contribution in [0, 0.1) is 0 Å². The molecule has 0 aliphatic carbocycles. The predicted octanol–water partition coefficient (Wildman–Crippen LogP) is 0.435. The van der Waals surface area contributed by atoms with Crippen molar-refractivity contribution in [2.75, 3.05) is 17.6 Å². The number of sulfonamides is 1. The van der Waals surface area contributed by atoms with Crippen molar-refractivity contribution >= 4 is 15.8 Å². The zero-order valence-electron chi connectivity index (χ0n) is 8.43. The van der Waals surface area contributed by atoms with Crippen molar-refractivity contribution in [3.63, 3.8) is 0 Å². The number of hydrogen-bond acceptors (Lipinski definition) is 4. The Hall–Kier alpha value is -1.17. The molecule has 1 heterocycles. The summed E-state index contributed by atoms with van der Waals surface area (Å²) in [6.07, 6.45) is 3.42. The van der Waals surface area contributed by atoms with Crippen molar-refractivity contribution in [3.8, 4) is 0 Å². The molecule has 0 unspecified atom stereocenters. The second-order valence-electron chi connectivity index (χ2n) is 2.96. The standard InChI is InChI=1S/C8H13N3O2S/c1-4-7-5-6-9-10-8(7)11(2)14(3,12)13/h5-6H,4H2,1-3H3. The van der Waals surface area contributed by atoms with Gasteiger partial charge in [0.05, 0.1) is 12.5 Å². The van der Waals surface area contributed by atoms with Crippen LogP contribution in [0.2, 0.25) is 0 Å². The molecule has 0 amide bonds. The highest BCUT2D eigenvalue weighted by atomic mass is 32.2. The molecule has 6 heteroatoms. The van der Waals surface area contributed by atoms with Crippen LogP contribution in [0.4, 0.5) is 5.82 Å². The molecule has 0 fully saturated rings. The van der Waals surface area contributed by atoms with Gasteiger partial charge in [0.15, 0.2) is 5.82 Å². The zero-order valence-corrected chi connectivity index (χ0v) is 9.24. The fraction of sp³-hybridized carbons (Fsp3) is 0.500. The molecule has 0 bridgehead atoms. The first-order chi connectivity index (χ1) is 6.46. The van der Waals surface area contributed by atoms with E-state index < -0.39 is 10.0 Å². The van der Waals surface area contributed by atoms with E-state index in [2.05, 4.69) is 10.2 Å². The molecule has 1 rings (SSSR count). The van der Waals surface area contributed by atoms with E-state index in [9.17, 15) is 8.42 Å². The lowest BCUT2D eigenvalue weighted by atomic mass is 10.2. The Balaban J connectivity index is 3.19. The van der Waals surface area contributed by atoms with Gasteiger partial charge in [-0.15, -0.1) is 5.10 Å². The smallest absolute Gasteiger partial charge is 0.233 e. The van der Waals surface area contributed by atoms with E-state index >= 15 is 0 Å². The van der Waals surface area contributed by atoms with Crippen LogP contribution in [0.25, 0.3) is 0 Å². The van der Waals surface area contributed by atoms with Gasteiger partial charge in [-0.3, -0.25) is 4.31 Å². The number of aromatic nitrogens is 2. The molecule has 78 valence electrons. The normalized spacial score (nSPS) is 11.4. The summed E-state index contributed by atoms with van der Waals surface area (Å²) in [6, 6.07) is 1.77. The van der Waals surface area contributed by atoms with Crippen LogP contribution in [0.1, 0.15) is 12.5 Å². The lowest BCUT2D eigenvalue weighted by Gasteiger charge is -2.16. The Bertz CT molecular complexity index is 416. The molecule has 0 spiro atoms. The van der Waals surface area contributed by atoms with Gasteiger partial charge in [-0.05, 0) is 18.1 Å². The zero-order chi connectivity index (χ0) is 10.8. The highest BCUT2D eigenvalue weighted by molar-refractivity contribution is 7.92. The number of aryl methyl sites for hydroxylation is 1. The van der Waals surface area contributed by atoms with Crippen LogP contribution in [0.15, 0.2) is 12.3 Å². The van der Waals surface area contributed by atoms with E-state index in [0.717, 1.165) is 22.5 Å². The molecule has 0 aromatic carbocycles. The summed E-state index contributed by atoms with van der Waals surface area (Å²) in [6.45, 7) is 1.94. The molecular weight excluding hydrogens is 202 g/mol. The molecule has 0 aliphatic heterocycles. The molecule has 14 heavy (non-hydrogen) atoms. The summed E-state index contributed by atoms with van der Waals surface area (Å²) < 4.78 is 23.7. The van der Waals surface area contributed by atoms with Gasteiger partial charge in [-0.2, -0.15) is 5.10 Å². The Labute approximate surface area is 83.8 Å². The topological polar surface area (TPSA) is 63.2 Å². The van der Waals surface area contributed by atoms with Crippen LogP contribution in [0.3, 0.4) is 0 Å². The second-order valence-corrected chi connectivity index (χ2v) is 4.98. The van der Waals surface area contributed by atoms with Crippen molar-refractivity contribution < 1.29 is 8.42 Å². The SMILES string of the molecule is CCc1ccnnc1N(C)S(C)(=O)=O. The molecule has 0 saturated carbocycles. The average molecular weight is 215 g/mol. The predicted molar refractivity (Wildman–Crippen MR) is 54.7 cm³/mol. The second kappa shape index (κ2) is 3.91. The van der Waals surface area contributed by atoms with Crippen molar-refractivity contribution in [1.29, 1.82) is 0 Å². The Morgan fingerprint density at radius 1 is 1.50 bits per heavy atom. The van der Waals surface area contributed by atoms with E-state index in [-0.39, 0.29) is 0 Å². The monoisotopic (exact) mass is 215 g/mol. The highest BCUT2D eigenvalue weighted by Gasteiger charge is 2.16. The van der Waals surface area contributed by atoms with Gasteiger partial charge < -0.3 is 0 Å². The summed E-state index contributed by atoms with van der Waals surface area (Å²) in [5.74, 6) is 0.400. The molecule has 0 radical (unpaired) electrons. The maximum atomic E-state index is 11.3. The van der Waals surface area contributed by atoms with Crippen LogP contribution >= 0.6 is 0 Å². The van der Waals surface area contributed by atoms with E-state index in [1.54, 1.807) is 12.3 Å². The molecule has 0 aliphatic rings. The van der Waals surface area contributed by atoms with Gasteiger partial charge in [0, 0.05) is 7.05 Å². The number of rotatable bonds is 3. The molecule has 0 atom stereocenters. The summed E-state index contributed by atoms with van der Waals surface area (Å²) >= 11 is 0. The first-order valence-corrected chi connectivity index (χ1v) is 6.06. The Kier molecular flexibility index (Phi) is 3.05. The van der Waals surface area contributed by atoms with Gasteiger partial charge in [0.2, 0.25) is 10.0 Å². The third kappa shape index (κ3) is 2.20. The fourth-order valence-corrected chi connectivity index (χ4v) is 1.52. The lowest BCUT2D eigenvalue weighted by Crippen LogP contribution is -2.27. The molecule has 5 nitrogen and oxygen atoms in total. The van der Waals surface area contributed by atoms with Crippen LogP contribution < -0.4 is 4.31 Å². The highest BCUT2D eigenvalue weighted by Crippen LogP contribution is 2.17. The van der Waals surface area contributed by atoms with Gasteiger partial charge in [0.25, 0.3) is 0 Å². The molecule has 0 N–H and O–H groups in total. The van der Waals surface area contributed by atoms with Gasteiger partial charge >= 0.3 is 0 Å². The molecule has 0 saturated heterocycles. The minimum absolute atomic E-state index is 0.400. The summed E-state index contributed by atoms with van der Waals surface area (Å²) in [7, 11) is -1.79. The van der Waals surface area contributed by atoms with Gasteiger partial charge in [-0.1, -0.05) is 6.92 Å². The van der Waals surface area contributed by atoms with Gasteiger partial charge in [-0.25, -0.2) is 8.42 Å². The van der Waals surface area contributed by atoms with Gasteiger partial charge in [0.1, 0.15) is 0 Å². The lowest BCUT2D eigenvalue weighted by molar-refractivity contribution is 0.599. The third-order valence-corrected chi connectivity index (χ3v) is 3.13. The Morgan fingerprint density at radius 2 is 2.14 bits per heavy atom. The van der Waals surface area contributed by atoms with Crippen LogP contribution in [-0.2, 0) is 16.4 Å². The largest absolute Gasteiger partial charge is 0.255 e. The summed E-state index contributed by atoms with van der Waals surface area (Å²) in [5, 5.41) is 7.48. The Morgan fingerprint density at radius 3 is 2.64 bits per heavy atom. The summed E-state index contributed by atoms with van der Waals surface area (Å²) in [4.78, 5) is 0. The van der Waals surface area contributed by atoms with E-state index in [0.29, 0.717) is 5.82 Å². The molecule has 1 aromatic rings. The maximum absolute atomic E-state index is 11.3. The van der Waals surface area contributed by atoms with E-state index in [1.165, 1.54) is 7.05 Å². The van der Waals surface area contributed by atoms with Crippen LogP contribution in [-0.4, -0.2) is 31.9 Å². The van der Waals surface area contributed by atoms with Crippen molar-refractivity contribution in [2.24, 2.45) is 0 Å². The van der Waals surface area contributed by atoms with Crippen molar-refractivity contribution in [1.82, 2.24) is 10.2 Å². The third-order valence-electron chi connectivity index (χ3n) is 1.96. The number of hydrogen-bond donors (Lipinski definition) is 0. The maximum Gasteiger partial charge on any atom is 0.233 e. The first kappa shape index (κ1) is 10.9. The van der Waals surface area contributed by atoms with E-state index in [4.69, 9.17) is 0 Å². The number of anilines is 1. The van der Waals surface area contributed by atoms with E-state index in [1.807, 2.05) is 6.92 Å². The summed E-state index contributed by atoms with van der Waals surface area (Å²) in [5.41, 5.74) is 0.868. The minimum atomic E-state index is -3.26. The molecule has 1 aromatic heterocycles. The number of nitrogens with zero attached hydrogens (tertiary/aromatic N) is 3. The average Bonchev–Trinajstić information content (AvgIpc) is 2.15. The quantitative estimate of drug-likeness (QED) is 0.733. The van der Waals surface area contributed by atoms with Crippen LogP contribution in [0.5, 0.6) is 0 Å². The minimum Gasteiger partial charge on any atom is -0.255 e. The molecular formula is C8H13N3O2S. The first-order valence-electron chi connectivity index (χ1n) is 4.21. The van der Waals surface area contributed by atoms with Crippen molar-refractivity contribution in [2.45, 2.75) is 13.3 Å².